The number of hydrogen-bond acceptors (Lipinski definition) is 3. The van der Waals surface area contributed by atoms with Gasteiger partial charge < -0.3 is 10.1 Å². The molecule has 108 valence electrons. The van der Waals surface area contributed by atoms with Gasteiger partial charge in [0.1, 0.15) is 5.75 Å². The number of benzene rings is 2. The molecule has 5 heteroatoms. The lowest BCUT2D eigenvalue weighted by atomic mass is 10.1. The van der Waals surface area contributed by atoms with Crippen LogP contribution in [0.1, 0.15) is 26.3 Å². The number of nitrogens with one attached hydrogen (secondary N) is 1. The van der Waals surface area contributed by atoms with Crippen LogP contribution in [-0.4, -0.2) is 18.9 Å². The van der Waals surface area contributed by atoms with Crippen molar-refractivity contribution in [3.05, 3.63) is 64.2 Å². The minimum Gasteiger partial charge on any atom is -0.422 e. The average Bonchev–Trinajstić information content (AvgIpc) is 2.47. The Morgan fingerprint density at radius 3 is 2.38 bits per heavy atom. The molecule has 0 aliphatic carbocycles. The monoisotopic (exact) mass is 303 g/mol. The third kappa shape index (κ3) is 3.41. The summed E-state index contributed by atoms with van der Waals surface area (Å²) < 4.78 is 5.33. The highest BCUT2D eigenvalue weighted by atomic mass is 35.5. The first kappa shape index (κ1) is 15.1. The predicted molar refractivity (Wildman–Crippen MR) is 81.0 cm³/mol. The SMILES string of the molecule is CNC(=O)c1c(C)cccc1OC(=O)c1ccc(Cl)cc1. The lowest BCUT2D eigenvalue weighted by molar-refractivity contribution is 0.0732. The third-order valence-electron chi connectivity index (χ3n) is 2.97. The van der Waals surface area contributed by atoms with E-state index in [1.165, 1.54) is 7.05 Å². The van der Waals surface area contributed by atoms with E-state index in [1.54, 1.807) is 49.4 Å². The van der Waals surface area contributed by atoms with Crippen molar-refractivity contribution >= 4 is 23.5 Å². The van der Waals surface area contributed by atoms with Gasteiger partial charge in [0, 0.05) is 12.1 Å². The summed E-state index contributed by atoms with van der Waals surface area (Å²) in [5.74, 6) is -0.608. The molecule has 0 atom stereocenters. The van der Waals surface area contributed by atoms with Crippen LogP contribution in [0.25, 0.3) is 0 Å². The molecule has 0 heterocycles. The molecule has 0 radical (unpaired) electrons. The van der Waals surface area contributed by atoms with Gasteiger partial charge in [-0.2, -0.15) is 0 Å². The van der Waals surface area contributed by atoms with Crippen molar-refractivity contribution < 1.29 is 14.3 Å². The summed E-state index contributed by atoms with van der Waals surface area (Å²) in [6.45, 7) is 1.78. The van der Waals surface area contributed by atoms with Crippen LogP contribution in [0.2, 0.25) is 5.02 Å². The van der Waals surface area contributed by atoms with E-state index in [4.69, 9.17) is 16.3 Å². The molecule has 0 unspecified atom stereocenters. The molecule has 0 fully saturated rings. The maximum Gasteiger partial charge on any atom is 0.343 e. The quantitative estimate of drug-likeness (QED) is 0.699. The zero-order chi connectivity index (χ0) is 15.4. The average molecular weight is 304 g/mol. The van der Waals surface area contributed by atoms with Crippen molar-refractivity contribution in [3.8, 4) is 5.75 Å². The summed E-state index contributed by atoms with van der Waals surface area (Å²) in [6, 6.07) is 11.4. The highest BCUT2D eigenvalue weighted by molar-refractivity contribution is 6.30. The van der Waals surface area contributed by atoms with Gasteiger partial charge in [0.15, 0.2) is 0 Å². The molecule has 1 N–H and O–H groups in total. The Bertz CT molecular complexity index is 680. The number of esters is 1. The molecule has 0 aromatic heterocycles. The fourth-order valence-corrected chi connectivity index (χ4v) is 2.01. The number of carbonyl (C=O) groups excluding carboxylic acids is 2. The Hall–Kier alpha value is -2.33. The lowest BCUT2D eigenvalue weighted by Gasteiger charge is -2.11. The van der Waals surface area contributed by atoms with E-state index < -0.39 is 5.97 Å². The van der Waals surface area contributed by atoms with Crippen molar-refractivity contribution in [2.75, 3.05) is 7.05 Å². The Balaban J connectivity index is 2.31. The molecule has 0 aliphatic heterocycles. The first-order valence-corrected chi connectivity index (χ1v) is 6.70. The summed E-state index contributed by atoms with van der Waals surface area (Å²) in [7, 11) is 1.53. The van der Waals surface area contributed by atoms with Crippen LogP contribution in [0.3, 0.4) is 0 Å². The van der Waals surface area contributed by atoms with Crippen molar-refractivity contribution in [3.63, 3.8) is 0 Å². The van der Waals surface area contributed by atoms with E-state index in [2.05, 4.69) is 5.32 Å². The molecule has 0 saturated carbocycles. The summed E-state index contributed by atoms with van der Waals surface area (Å²) in [6.07, 6.45) is 0. The fraction of sp³-hybridized carbons (Fsp3) is 0.125. The highest BCUT2D eigenvalue weighted by Crippen LogP contribution is 2.23. The number of ether oxygens (including phenoxy) is 1. The molecule has 2 aromatic rings. The summed E-state index contributed by atoms with van der Waals surface area (Å²) in [4.78, 5) is 24.0. The first-order valence-electron chi connectivity index (χ1n) is 6.32. The van der Waals surface area contributed by atoms with Crippen LogP contribution < -0.4 is 10.1 Å². The first-order chi connectivity index (χ1) is 10.0. The van der Waals surface area contributed by atoms with E-state index >= 15 is 0 Å². The molecule has 2 aromatic carbocycles. The number of hydrogen-bond donors (Lipinski definition) is 1. The van der Waals surface area contributed by atoms with Crippen molar-refractivity contribution in [2.24, 2.45) is 0 Å². The van der Waals surface area contributed by atoms with Gasteiger partial charge in [-0.05, 0) is 42.8 Å². The second-order valence-electron chi connectivity index (χ2n) is 4.42. The third-order valence-corrected chi connectivity index (χ3v) is 3.22. The zero-order valence-electron chi connectivity index (χ0n) is 11.6. The molecule has 0 bridgehead atoms. The van der Waals surface area contributed by atoms with Gasteiger partial charge in [-0.1, -0.05) is 23.7 Å². The van der Waals surface area contributed by atoms with E-state index in [0.29, 0.717) is 16.1 Å². The predicted octanol–water partition coefficient (Wildman–Crippen LogP) is 3.23. The second kappa shape index (κ2) is 6.41. The maximum absolute atomic E-state index is 12.1. The smallest absolute Gasteiger partial charge is 0.343 e. The van der Waals surface area contributed by atoms with Gasteiger partial charge >= 0.3 is 5.97 Å². The van der Waals surface area contributed by atoms with Gasteiger partial charge in [-0.25, -0.2) is 4.79 Å². The summed E-state index contributed by atoms with van der Waals surface area (Å²) in [5.41, 5.74) is 1.45. The van der Waals surface area contributed by atoms with E-state index in [0.717, 1.165) is 5.56 Å². The molecule has 1 amide bonds. The molecular formula is C16H14ClNO3. The molecule has 4 nitrogen and oxygen atoms in total. The Morgan fingerprint density at radius 1 is 1.10 bits per heavy atom. The maximum atomic E-state index is 12.1. The van der Waals surface area contributed by atoms with Crippen molar-refractivity contribution in [1.82, 2.24) is 5.32 Å². The normalized spacial score (nSPS) is 10.0. The number of halogens is 1. The fourth-order valence-electron chi connectivity index (χ4n) is 1.89. The van der Waals surface area contributed by atoms with Crippen LogP contribution in [-0.2, 0) is 0 Å². The minimum atomic E-state index is -0.539. The second-order valence-corrected chi connectivity index (χ2v) is 4.86. The topological polar surface area (TPSA) is 55.4 Å². The van der Waals surface area contributed by atoms with Gasteiger partial charge in [0.2, 0.25) is 0 Å². The van der Waals surface area contributed by atoms with Gasteiger partial charge in [0.25, 0.3) is 5.91 Å². The molecular weight excluding hydrogens is 290 g/mol. The van der Waals surface area contributed by atoms with Crippen LogP contribution in [0, 0.1) is 6.92 Å². The standard InChI is InChI=1S/C16H14ClNO3/c1-10-4-3-5-13(14(10)15(19)18-2)21-16(20)11-6-8-12(17)9-7-11/h3-9H,1-2H3,(H,18,19). The molecule has 21 heavy (non-hydrogen) atoms. The van der Waals surface area contributed by atoms with Crippen molar-refractivity contribution in [2.45, 2.75) is 6.92 Å². The van der Waals surface area contributed by atoms with Crippen LogP contribution >= 0.6 is 11.6 Å². The van der Waals surface area contributed by atoms with E-state index in [9.17, 15) is 9.59 Å². The lowest BCUT2D eigenvalue weighted by Crippen LogP contribution is -2.21. The number of rotatable bonds is 3. The zero-order valence-corrected chi connectivity index (χ0v) is 12.4. The number of aryl methyl sites for hydroxylation is 1. The van der Waals surface area contributed by atoms with Gasteiger partial charge in [0.05, 0.1) is 11.1 Å². The Labute approximate surface area is 127 Å². The van der Waals surface area contributed by atoms with E-state index in [1.807, 2.05) is 0 Å². The minimum absolute atomic E-state index is 0.231. The van der Waals surface area contributed by atoms with Gasteiger partial charge in [-0.3, -0.25) is 4.79 Å². The Kier molecular flexibility index (Phi) is 4.60. The highest BCUT2D eigenvalue weighted by Gasteiger charge is 2.17. The number of amides is 1. The largest absolute Gasteiger partial charge is 0.422 e. The van der Waals surface area contributed by atoms with Gasteiger partial charge in [-0.15, -0.1) is 0 Å². The van der Waals surface area contributed by atoms with Crippen LogP contribution in [0.15, 0.2) is 42.5 Å². The molecule has 0 aliphatic rings. The molecule has 0 spiro atoms. The van der Waals surface area contributed by atoms with E-state index in [-0.39, 0.29) is 11.7 Å². The Morgan fingerprint density at radius 2 is 1.76 bits per heavy atom. The summed E-state index contributed by atoms with van der Waals surface area (Å²) in [5, 5.41) is 3.07. The van der Waals surface area contributed by atoms with Crippen LogP contribution in [0.4, 0.5) is 0 Å². The summed E-state index contributed by atoms with van der Waals surface area (Å²) >= 11 is 5.78. The van der Waals surface area contributed by atoms with Crippen molar-refractivity contribution in [1.29, 1.82) is 0 Å². The van der Waals surface area contributed by atoms with Crippen LogP contribution in [0.5, 0.6) is 5.75 Å². The number of carbonyl (C=O) groups is 2. The molecule has 2 rings (SSSR count). The molecule has 0 saturated heterocycles.